The van der Waals surface area contributed by atoms with Gasteiger partial charge >= 0.3 is 0 Å². The van der Waals surface area contributed by atoms with E-state index in [1.54, 1.807) is 0 Å². The molecule has 1 saturated heterocycles. The summed E-state index contributed by atoms with van der Waals surface area (Å²) in [4.78, 5) is 15.1. The topological polar surface area (TPSA) is 32.3 Å². The third-order valence-corrected chi connectivity index (χ3v) is 4.44. The van der Waals surface area contributed by atoms with Gasteiger partial charge in [0.05, 0.1) is 6.17 Å². The van der Waals surface area contributed by atoms with Crippen molar-refractivity contribution in [1.82, 2.24) is 10.2 Å². The summed E-state index contributed by atoms with van der Waals surface area (Å²) >= 11 is 0. The normalized spacial score (nSPS) is 23.9. The average Bonchev–Trinajstić information content (AvgIpc) is 2.79. The molecule has 2 rings (SSSR count). The van der Waals surface area contributed by atoms with E-state index in [9.17, 15) is 4.79 Å². The minimum Gasteiger partial charge on any atom is -0.322 e. The van der Waals surface area contributed by atoms with Crippen LogP contribution in [0.2, 0.25) is 0 Å². The van der Waals surface area contributed by atoms with Gasteiger partial charge in [-0.1, -0.05) is 64.4 Å². The first-order valence-corrected chi connectivity index (χ1v) is 8.23. The molecule has 0 bridgehead atoms. The molecule has 1 aliphatic rings. The number of benzene rings is 1. The molecule has 21 heavy (non-hydrogen) atoms. The van der Waals surface area contributed by atoms with E-state index in [1.165, 1.54) is 0 Å². The maximum atomic E-state index is 13.0. The van der Waals surface area contributed by atoms with E-state index in [1.807, 2.05) is 30.3 Å². The average molecular weight is 288 g/mol. The molecule has 0 aliphatic carbocycles. The third kappa shape index (κ3) is 3.29. The Kier molecular flexibility index (Phi) is 5.40. The summed E-state index contributed by atoms with van der Waals surface area (Å²) in [7, 11) is 0. The minimum atomic E-state index is -0.185. The molecule has 1 aromatic carbocycles. The van der Waals surface area contributed by atoms with E-state index < -0.39 is 0 Å². The number of carbonyl (C=O) groups is 1. The van der Waals surface area contributed by atoms with Crippen LogP contribution in [0, 0.1) is 5.92 Å². The van der Waals surface area contributed by atoms with Crippen LogP contribution in [0.1, 0.15) is 58.6 Å². The number of hydrogen-bond acceptors (Lipinski definition) is 2. The van der Waals surface area contributed by atoms with Crippen LogP contribution < -0.4 is 5.32 Å². The van der Waals surface area contributed by atoms with Crippen molar-refractivity contribution in [2.24, 2.45) is 5.92 Å². The fraction of sp³-hybridized carbons (Fsp3) is 0.611. The van der Waals surface area contributed by atoms with Gasteiger partial charge in [-0.05, 0) is 24.3 Å². The van der Waals surface area contributed by atoms with E-state index >= 15 is 0 Å². The standard InChI is InChI=1S/C18H28N2O/c1-5-10-16-19-17(14-11-8-7-9-12-14)18(21)20(16)15(6-2)13(3)4/h7-9,11-13,15-17,19H,5-6,10H2,1-4H3. The number of hydrogen-bond donors (Lipinski definition) is 1. The zero-order chi connectivity index (χ0) is 15.4. The molecule has 0 radical (unpaired) electrons. The Labute approximate surface area is 128 Å². The maximum Gasteiger partial charge on any atom is 0.245 e. The number of nitrogens with zero attached hydrogens (tertiary/aromatic N) is 1. The van der Waals surface area contributed by atoms with Gasteiger partial charge in [-0.15, -0.1) is 0 Å². The van der Waals surface area contributed by atoms with E-state index in [4.69, 9.17) is 0 Å². The van der Waals surface area contributed by atoms with Gasteiger partial charge in [-0.25, -0.2) is 0 Å². The molecule has 1 heterocycles. The lowest BCUT2D eigenvalue weighted by molar-refractivity contribution is -0.133. The maximum absolute atomic E-state index is 13.0. The summed E-state index contributed by atoms with van der Waals surface area (Å²) in [6.45, 7) is 8.77. The molecule has 1 fully saturated rings. The van der Waals surface area contributed by atoms with Crippen LogP contribution in [-0.2, 0) is 4.79 Å². The number of amides is 1. The van der Waals surface area contributed by atoms with Crippen LogP contribution >= 0.6 is 0 Å². The van der Waals surface area contributed by atoms with Crippen molar-refractivity contribution in [2.45, 2.75) is 65.2 Å². The fourth-order valence-electron chi connectivity index (χ4n) is 3.41. The first-order chi connectivity index (χ1) is 10.1. The summed E-state index contributed by atoms with van der Waals surface area (Å²) in [5, 5.41) is 3.55. The molecule has 1 amide bonds. The Balaban J connectivity index is 2.28. The van der Waals surface area contributed by atoms with Crippen LogP contribution in [0.3, 0.4) is 0 Å². The Morgan fingerprint density at radius 2 is 1.86 bits per heavy atom. The third-order valence-electron chi connectivity index (χ3n) is 4.44. The van der Waals surface area contributed by atoms with Gasteiger partial charge in [-0.3, -0.25) is 10.1 Å². The van der Waals surface area contributed by atoms with Crippen molar-refractivity contribution < 1.29 is 4.79 Å². The molecule has 3 atom stereocenters. The zero-order valence-corrected chi connectivity index (χ0v) is 13.7. The molecular formula is C18H28N2O. The molecule has 116 valence electrons. The van der Waals surface area contributed by atoms with E-state index in [2.05, 4.69) is 37.9 Å². The monoisotopic (exact) mass is 288 g/mol. The van der Waals surface area contributed by atoms with Crippen molar-refractivity contribution in [3.05, 3.63) is 35.9 Å². The Morgan fingerprint density at radius 3 is 2.38 bits per heavy atom. The SMILES string of the molecule is CCCC1NC(c2ccccc2)C(=O)N1C(CC)C(C)C. The smallest absolute Gasteiger partial charge is 0.245 e. The Morgan fingerprint density at radius 1 is 1.19 bits per heavy atom. The Hall–Kier alpha value is -1.35. The molecule has 1 N–H and O–H groups in total. The van der Waals surface area contributed by atoms with Crippen molar-refractivity contribution in [1.29, 1.82) is 0 Å². The number of rotatable bonds is 6. The predicted molar refractivity (Wildman–Crippen MR) is 86.8 cm³/mol. The fourth-order valence-corrected chi connectivity index (χ4v) is 3.41. The molecule has 0 saturated carbocycles. The van der Waals surface area contributed by atoms with Crippen molar-refractivity contribution in [2.75, 3.05) is 0 Å². The highest BCUT2D eigenvalue weighted by molar-refractivity contribution is 5.86. The van der Waals surface area contributed by atoms with Crippen molar-refractivity contribution in [3.63, 3.8) is 0 Å². The van der Waals surface area contributed by atoms with Crippen LogP contribution in [-0.4, -0.2) is 23.0 Å². The zero-order valence-electron chi connectivity index (χ0n) is 13.7. The molecule has 0 aromatic heterocycles. The molecule has 3 unspecified atom stereocenters. The highest BCUT2D eigenvalue weighted by Crippen LogP contribution is 2.30. The van der Waals surface area contributed by atoms with Crippen LogP contribution in [0.25, 0.3) is 0 Å². The van der Waals surface area contributed by atoms with Gasteiger partial charge in [0.15, 0.2) is 0 Å². The second-order valence-corrected chi connectivity index (χ2v) is 6.28. The van der Waals surface area contributed by atoms with Gasteiger partial charge < -0.3 is 4.90 Å². The van der Waals surface area contributed by atoms with Gasteiger partial charge in [0.1, 0.15) is 6.04 Å². The van der Waals surface area contributed by atoms with E-state index in [0.717, 1.165) is 24.8 Å². The summed E-state index contributed by atoms with van der Waals surface area (Å²) in [6.07, 6.45) is 3.27. The van der Waals surface area contributed by atoms with E-state index in [0.29, 0.717) is 12.0 Å². The lowest BCUT2D eigenvalue weighted by Gasteiger charge is -2.34. The predicted octanol–water partition coefficient (Wildman–Crippen LogP) is 3.72. The molecule has 1 aliphatic heterocycles. The molecule has 3 heteroatoms. The quantitative estimate of drug-likeness (QED) is 0.865. The highest BCUT2D eigenvalue weighted by Gasteiger charge is 2.42. The second kappa shape index (κ2) is 7.08. The van der Waals surface area contributed by atoms with Crippen LogP contribution in [0.4, 0.5) is 0 Å². The van der Waals surface area contributed by atoms with Crippen LogP contribution in [0.5, 0.6) is 0 Å². The minimum absolute atomic E-state index is 0.167. The molecule has 0 spiro atoms. The first kappa shape index (κ1) is 16.0. The van der Waals surface area contributed by atoms with Crippen molar-refractivity contribution >= 4 is 5.91 Å². The van der Waals surface area contributed by atoms with Gasteiger partial charge in [0, 0.05) is 6.04 Å². The summed E-state index contributed by atoms with van der Waals surface area (Å²) in [6, 6.07) is 10.2. The van der Waals surface area contributed by atoms with Gasteiger partial charge in [0.25, 0.3) is 0 Å². The van der Waals surface area contributed by atoms with E-state index in [-0.39, 0.29) is 18.1 Å². The second-order valence-electron chi connectivity index (χ2n) is 6.28. The van der Waals surface area contributed by atoms with Crippen molar-refractivity contribution in [3.8, 4) is 0 Å². The number of nitrogens with one attached hydrogen (secondary N) is 1. The highest BCUT2D eigenvalue weighted by atomic mass is 16.2. The summed E-state index contributed by atoms with van der Waals surface area (Å²) in [5.41, 5.74) is 1.07. The first-order valence-electron chi connectivity index (χ1n) is 8.23. The number of carbonyl (C=O) groups excluding carboxylic acids is 1. The molecule has 3 nitrogen and oxygen atoms in total. The Bertz CT molecular complexity index is 458. The molecule has 1 aromatic rings. The lowest BCUT2D eigenvalue weighted by atomic mass is 9.98. The van der Waals surface area contributed by atoms with Crippen LogP contribution in [0.15, 0.2) is 30.3 Å². The summed E-state index contributed by atoms with van der Waals surface area (Å²) < 4.78 is 0. The lowest BCUT2D eigenvalue weighted by Crippen LogP contribution is -2.46. The largest absolute Gasteiger partial charge is 0.322 e. The molecular weight excluding hydrogens is 260 g/mol. The van der Waals surface area contributed by atoms with Gasteiger partial charge in [-0.2, -0.15) is 0 Å². The summed E-state index contributed by atoms with van der Waals surface area (Å²) in [5.74, 6) is 0.717. The van der Waals surface area contributed by atoms with Gasteiger partial charge in [0.2, 0.25) is 5.91 Å².